The first-order valence-corrected chi connectivity index (χ1v) is 6.66. The van der Waals surface area contributed by atoms with Crippen LogP contribution >= 0.6 is 15.9 Å². The molecular weight excluding hydrogens is 306 g/mol. The average molecular weight is 316 g/mol. The molecule has 0 spiro atoms. The molecule has 94 valence electrons. The number of rotatable bonds is 1. The molecule has 2 amide bonds. The van der Waals surface area contributed by atoms with E-state index in [1.165, 1.54) is 0 Å². The first-order valence-electron chi connectivity index (χ1n) is 5.86. The van der Waals surface area contributed by atoms with Crippen LogP contribution in [0.25, 0.3) is 11.1 Å². The van der Waals surface area contributed by atoms with E-state index >= 15 is 0 Å². The second-order valence-corrected chi connectivity index (χ2v) is 5.35. The third-order valence-corrected chi connectivity index (χ3v) is 3.61. The third-order valence-electron chi connectivity index (χ3n) is 3.11. The molecule has 1 aliphatic heterocycles. The van der Waals surface area contributed by atoms with Crippen molar-refractivity contribution in [2.24, 2.45) is 0 Å². The fourth-order valence-corrected chi connectivity index (χ4v) is 2.62. The lowest BCUT2D eigenvalue weighted by atomic mass is 9.95. The van der Waals surface area contributed by atoms with Crippen LogP contribution in [0.4, 0.5) is 0 Å². The van der Waals surface area contributed by atoms with E-state index in [1.807, 2.05) is 36.4 Å². The van der Waals surface area contributed by atoms with E-state index < -0.39 is 0 Å². The van der Waals surface area contributed by atoms with Crippen molar-refractivity contribution < 1.29 is 9.59 Å². The second kappa shape index (κ2) is 4.63. The number of fused-ring (bicyclic) bond motifs is 1. The summed E-state index contributed by atoms with van der Waals surface area (Å²) in [6.07, 6.45) is 0.253. The molecule has 2 aromatic rings. The fraction of sp³-hybridized carbons (Fsp3) is 0.0667. The molecule has 1 heterocycles. The summed E-state index contributed by atoms with van der Waals surface area (Å²) in [6, 6.07) is 13.5. The Kier molecular flexibility index (Phi) is 2.95. The van der Waals surface area contributed by atoms with Crippen molar-refractivity contribution in [3.8, 4) is 11.1 Å². The Bertz CT molecular complexity index is 694. The lowest BCUT2D eigenvalue weighted by Gasteiger charge is -2.16. The predicted molar refractivity (Wildman–Crippen MR) is 75.8 cm³/mol. The monoisotopic (exact) mass is 315 g/mol. The Morgan fingerprint density at radius 1 is 1.00 bits per heavy atom. The Hall–Kier alpha value is -1.94. The molecule has 1 aliphatic rings. The number of halogens is 1. The summed E-state index contributed by atoms with van der Waals surface area (Å²) < 4.78 is 0.997. The lowest BCUT2D eigenvalue weighted by Crippen LogP contribution is -2.37. The van der Waals surface area contributed by atoms with Gasteiger partial charge in [0.2, 0.25) is 5.91 Å². The molecule has 4 heteroatoms. The molecule has 0 aromatic heterocycles. The molecule has 0 unspecified atom stereocenters. The highest BCUT2D eigenvalue weighted by molar-refractivity contribution is 9.10. The number of hydrogen-bond acceptors (Lipinski definition) is 2. The van der Waals surface area contributed by atoms with Crippen molar-refractivity contribution in [2.45, 2.75) is 6.42 Å². The van der Waals surface area contributed by atoms with Gasteiger partial charge in [0.15, 0.2) is 0 Å². The first-order chi connectivity index (χ1) is 9.13. The Labute approximate surface area is 118 Å². The smallest absolute Gasteiger partial charge is 0.258 e. The van der Waals surface area contributed by atoms with Crippen molar-refractivity contribution in [3.05, 3.63) is 58.1 Å². The summed E-state index contributed by atoms with van der Waals surface area (Å²) in [6.45, 7) is 0. The van der Waals surface area contributed by atoms with Crippen molar-refractivity contribution in [1.29, 1.82) is 0 Å². The van der Waals surface area contributed by atoms with Gasteiger partial charge in [-0.3, -0.25) is 14.9 Å². The molecule has 19 heavy (non-hydrogen) atoms. The zero-order valence-corrected chi connectivity index (χ0v) is 11.5. The van der Waals surface area contributed by atoms with Gasteiger partial charge in [-0.1, -0.05) is 34.1 Å². The zero-order chi connectivity index (χ0) is 13.4. The van der Waals surface area contributed by atoms with Crippen molar-refractivity contribution in [2.75, 3.05) is 0 Å². The van der Waals surface area contributed by atoms with Crippen LogP contribution in [0.2, 0.25) is 0 Å². The van der Waals surface area contributed by atoms with Crippen LogP contribution in [0.1, 0.15) is 15.9 Å². The van der Waals surface area contributed by atoms with E-state index in [9.17, 15) is 9.59 Å². The minimum atomic E-state index is -0.313. The number of hydrogen-bond donors (Lipinski definition) is 1. The van der Waals surface area contributed by atoms with Gasteiger partial charge in [0.1, 0.15) is 0 Å². The highest BCUT2D eigenvalue weighted by Gasteiger charge is 2.22. The molecule has 2 aromatic carbocycles. The van der Waals surface area contributed by atoms with Crippen molar-refractivity contribution >= 4 is 27.7 Å². The van der Waals surface area contributed by atoms with Crippen molar-refractivity contribution in [3.63, 3.8) is 0 Å². The van der Waals surface area contributed by atoms with Crippen LogP contribution in [0.15, 0.2) is 46.9 Å². The minimum Gasteiger partial charge on any atom is -0.292 e. The molecular formula is C15H10BrNO2. The summed E-state index contributed by atoms with van der Waals surface area (Å²) >= 11 is 3.44. The number of amides is 2. The maximum absolute atomic E-state index is 11.7. The normalized spacial score (nSPS) is 13.9. The van der Waals surface area contributed by atoms with Crippen LogP contribution in [0.3, 0.4) is 0 Å². The molecule has 0 bridgehead atoms. The van der Waals surface area contributed by atoms with Crippen molar-refractivity contribution in [1.82, 2.24) is 5.32 Å². The van der Waals surface area contributed by atoms with Crippen LogP contribution in [-0.4, -0.2) is 11.8 Å². The molecule has 3 rings (SSSR count). The Morgan fingerprint density at radius 2 is 1.79 bits per heavy atom. The Balaban J connectivity index is 2.09. The summed E-state index contributed by atoms with van der Waals surface area (Å²) in [4.78, 5) is 23.1. The molecule has 0 saturated heterocycles. The molecule has 0 radical (unpaired) electrons. The number of imide groups is 1. The summed E-state index contributed by atoms with van der Waals surface area (Å²) in [5.74, 6) is -0.559. The van der Waals surface area contributed by atoms with Crippen LogP contribution in [0.5, 0.6) is 0 Å². The van der Waals surface area contributed by atoms with E-state index in [1.54, 1.807) is 6.07 Å². The maximum Gasteiger partial charge on any atom is 0.258 e. The highest BCUT2D eigenvalue weighted by atomic mass is 79.9. The molecule has 0 fully saturated rings. The largest absolute Gasteiger partial charge is 0.292 e. The Morgan fingerprint density at radius 3 is 2.58 bits per heavy atom. The van der Waals surface area contributed by atoms with Crippen LogP contribution < -0.4 is 5.32 Å². The summed E-state index contributed by atoms with van der Waals surface area (Å²) in [5, 5.41) is 2.32. The standard InChI is InChI=1S/C15H10BrNO2/c16-12-3-1-2-9(7-12)10-4-5-13-11(6-10)8-14(18)17-15(13)19/h1-7H,8H2,(H,17,18,19). The predicted octanol–water partition coefficient (Wildman–Crippen LogP) is 2.93. The second-order valence-electron chi connectivity index (χ2n) is 4.44. The van der Waals surface area contributed by atoms with E-state index in [0.29, 0.717) is 5.56 Å². The van der Waals surface area contributed by atoms with Crippen LogP contribution in [-0.2, 0) is 11.2 Å². The molecule has 0 atom stereocenters. The number of nitrogens with one attached hydrogen (secondary N) is 1. The molecule has 0 saturated carbocycles. The zero-order valence-electron chi connectivity index (χ0n) is 9.94. The molecule has 0 aliphatic carbocycles. The van der Waals surface area contributed by atoms with Gasteiger partial charge in [0.05, 0.1) is 6.42 Å². The fourth-order valence-electron chi connectivity index (χ4n) is 2.22. The summed E-state index contributed by atoms with van der Waals surface area (Å²) in [7, 11) is 0. The van der Waals surface area contributed by atoms with Gasteiger partial charge in [-0.25, -0.2) is 0 Å². The minimum absolute atomic E-state index is 0.246. The molecule has 3 nitrogen and oxygen atoms in total. The topological polar surface area (TPSA) is 46.2 Å². The first kappa shape index (κ1) is 12.1. The number of carbonyl (C=O) groups is 2. The van der Waals surface area contributed by atoms with Gasteiger partial charge in [0, 0.05) is 10.0 Å². The third kappa shape index (κ3) is 2.31. The van der Waals surface area contributed by atoms with Gasteiger partial charge < -0.3 is 0 Å². The highest BCUT2D eigenvalue weighted by Crippen LogP contribution is 2.26. The average Bonchev–Trinajstić information content (AvgIpc) is 2.37. The maximum atomic E-state index is 11.7. The number of carbonyl (C=O) groups excluding carboxylic acids is 2. The summed E-state index contributed by atoms with van der Waals surface area (Å²) in [5.41, 5.74) is 3.42. The van der Waals surface area contributed by atoms with Gasteiger partial charge in [-0.05, 0) is 41.0 Å². The van der Waals surface area contributed by atoms with Crippen LogP contribution in [0, 0.1) is 0 Å². The van der Waals surface area contributed by atoms with Gasteiger partial charge in [-0.15, -0.1) is 0 Å². The lowest BCUT2D eigenvalue weighted by molar-refractivity contribution is -0.119. The quantitative estimate of drug-likeness (QED) is 0.822. The van der Waals surface area contributed by atoms with E-state index in [0.717, 1.165) is 21.2 Å². The van der Waals surface area contributed by atoms with Gasteiger partial charge >= 0.3 is 0 Å². The number of benzene rings is 2. The van der Waals surface area contributed by atoms with Gasteiger partial charge in [-0.2, -0.15) is 0 Å². The van der Waals surface area contributed by atoms with Gasteiger partial charge in [0.25, 0.3) is 5.91 Å². The van der Waals surface area contributed by atoms with E-state index in [4.69, 9.17) is 0 Å². The molecule has 1 N–H and O–H groups in total. The SMILES string of the molecule is O=C1Cc2cc(-c3cccc(Br)c3)ccc2C(=O)N1. The van der Waals surface area contributed by atoms with E-state index in [-0.39, 0.29) is 18.2 Å². The van der Waals surface area contributed by atoms with E-state index in [2.05, 4.69) is 21.2 Å².